The monoisotopic (exact) mass is 678 g/mol. The number of allylic oxidation sites excluding steroid dienone is 2. The Morgan fingerprint density at radius 3 is 2.15 bits per heavy atom. The second-order valence-corrected chi connectivity index (χ2v) is 10.8. The predicted molar refractivity (Wildman–Crippen MR) is 167 cm³/mol. The van der Waals surface area contributed by atoms with Crippen molar-refractivity contribution in [3.8, 4) is 5.75 Å². The minimum absolute atomic E-state index is 0.0549. The number of aliphatic hydroxyl groups is 1. The lowest BCUT2D eigenvalue weighted by molar-refractivity contribution is -0.274. The third-order valence-electron chi connectivity index (χ3n) is 7.15. The van der Waals surface area contributed by atoms with Gasteiger partial charge in [0.25, 0.3) is 5.91 Å². The van der Waals surface area contributed by atoms with Gasteiger partial charge in [0.05, 0.1) is 13.1 Å². The summed E-state index contributed by atoms with van der Waals surface area (Å²) in [5.74, 6) is -2.94. The van der Waals surface area contributed by atoms with E-state index in [4.69, 9.17) is 5.11 Å². The van der Waals surface area contributed by atoms with Gasteiger partial charge in [-0.3, -0.25) is 4.79 Å². The van der Waals surface area contributed by atoms with Crippen LogP contribution in [0.3, 0.4) is 0 Å². The number of alkyl halides is 6. The highest BCUT2D eigenvalue weighted by Crippen LogP contribution is 2.30. The van der Waals surface area contributed by atoms with E-state index >= 15 is 0 Å². The first-order valence-corrected chi connectivity index (χ1v) is 14.8. The Morgan fingerprint density at radius 1 is 0.917 bits per heavy atom. The van der Waals surface area contributed by atoms with E-state index in [9.17, 15) is 41.0 Å². The van der Waals surface area contributed by atoms with Crippen LogP contribution in [-0.4, -0.2) is 59.8 Å². The van der Waals surface area contributed by atoms with E-state index in [1.165, 1.54) is 29.2 Å². The van der Waals surface area contributed by atoms with Gasteiger partial charge < -0.3 is 30.5 Å². The molecule has 0 unspecified atom stereocenters. The number of aliphatic imine (C=N–C) groups is 1. The summed E-state index contributed by atoms with van der Waals surface area (Å²) in [5, 5.41) is 23.3. The van der Waals surface area contributed by atoms with Crippen molar-refractivity contribution < 1.29 is 50.9 Å². The van der Waals surface area contributed by atoms with Crippen LogP contribution in [0, 0.1) is 0 Å². The minimum atomic E-state index is -4.93. The first kappa shape index (κ1) is 35.8. The Morgan fingerprint density at radius 2 is 1.58 bits per heavy atom. The van der Waals surface area contributed by atoms with Gasteiger partial charge in [0.15, 0.2) is 6.10 Å². The molecular formula is C33H32F6N4O5. The molecule has 0 radical (unpaired) electrons. The number of aliphatic hydroxyl groups excluding tert-OH is 1. The van der Waals surface area contributed by atoms with Gasteiger partial charge in [0, 0.05) is 16.9 Å². The zero-order chi connectivity index (χ0) is 34.9. The van der Waals surface area contributed by atoms with Crippen LogP contribution in [-0.2, 0) is 11.3 Å². The highest BCUT2D eigenvalue weighted by molar-refractivity contribution is 6.05. The van der Waals surface area contributed by atoms with E-state index in [1.54, 1.807) is 24.3 Å². The molecule has 0 bridgehead atoms. The summed E-state index contributed by atoms with van der Waals surface area (Å²) in [7, 11) is 0. The summed E-state index contributed by atoms with van der Waals surface area (Å²) in [4.78, 5) is 28.5. The van der Waals surface area contributed by atoms with Crippen LogP contribution in [0.1, 0.15) is 47.2 Å². The molecule has 0 saturated carbocycles. The molecule has 0 fully saturated rings. The number of halogens is 6. The largest absolute Gasteiger partial charge is 0.573 e. The fourth-order valence-corrected chi connectivity index (χ4v) is 4.79. The molecule has 15 heteroatoms. The van der Waals surface area contributed by atoms with Gasteiger partial charge in [0.1, 0.15) is 12.3 Å². The average molecular weight is 679 g/mol. The number of amides is 1. The number of ether oxygens (including phenoxy) is 1. The molecule has 0 saturated heterocycles. The van der Waals surface area contributed by atoms with E-state index in [0.29, 0.717) is 11.3 Å². The number of nitrogens with one attached hydrogen (secondary N) is 2. The Kier molecular flexibility index (Phi) is 11.7. The van der Waals surface area contributed by atoms with Crippen LogP contribution in [0.25, 0.3) is 5.57 Å². The van der Waals surface area contributed by atoms with Crippen LogP contribution in [0.5, 0.6) is 5.75 Å². The van der Waals surface area contributed by atoms with Gasteiger partial charge in [0.2, 0.25) is 5.96 Å². The number of nitrogens with zero attached hydrogens (tertiary/aromatic N) is 2. The Bertz CT molecular complexity index is 1610. The second-order valence-electron chi connectivity index (χ2n) is 10.8. The molecule has 3 aromatic carbocycles. The number of carboxylic acids is 1. The van der Waals surface area contributed by atoms with Crippen LogP contribution >= 0.6 is 0 Å². The van der Waals surface area contributed by atoms with E-state index in [2.05, 4.69) is 26.4 Å². The molecular weight excluding hydrogens is 646 g/mol. The summed E-state index contributed by atoms with van der Waals surface area (Å²) in [5.41, 5.74) is 3.38. The van der Waals surface area contributed by atoms with Gasteiger partial charge >= 0.3 is 18.5 Å². The third-order valence-corrected chi connectivity index (χ3v) is 7.15. The van der Waals surface area contributed by atoms with Crippen LogP contribution in [0.2, 0.25) is 0 Å². The van der Waals surface area contributed by atoms with Crippen LogP contribution in [0.15, 0.2) is 83.9 Å². The number of anilines is 2. The number of guanidine groups is 1. The maximum atomic E-state index is 13.4. The molecule has 0 spiro atoms. The highest BCUT2D eigenvalue weighted by Gasteiger charge is 2.31. The van der Waals surface area contributed by atoms with Crippen molar-refractivity contribution >= 4 is 34.8 Å². The Balaban J connectivity index is 1.66. The number of benzene rings is 3. The minimum Gasteiger partial charge on any atom is -0.479 e. The summed E-state index contributed by atoms with van der Waals surface area (Å²) >= 11 is 0. The molecule has 0 aliphatic heterocycles. The summed E-state index contributed by atoms with van der Waals surface area (Å²) in [6, 6.07) is 17.5. The number of carbonyl (C=O) groups is 2. The van der Waals surface area contributed by atoms with E-state index < -0.39 is 49.4 Å². The fourth-order valence-electron chi connectivity index (χ4n) is 4.79. The molecule has 1 amide bonds. The SMILES string of the molecule is O=C(NC[C@@H](O)C(=O)O)c1ccc(CN(C(=NCC(F)(F)F)Nc2ccc(OC(F)(F)F)cc2)c2ccc(C3=CCCCC3)cc2)cc1. The quantitative estimate of drug-likeness (QED) is 0.101. The van der Waals surface area contributed by atoms with Crippen LogP contribution in [0.4, 0.5) is 37.7 Å². The maximum Gasteiger partial charge on any atom is 0.573 e. The van der Waals surface area contributed by atoms with Crippen LogP contribution < -0.4 is 20.3 Å². The van der Waals surface area contributed by atoms with Gasteiger partial charge in [-0.2, -0.15) is 13.2 Å². The lowest BCUT2D eigenvalue weighted by atomic mass is 9.93. The van der Waals surface area contributed by atoms with Crippen molar-refractivity contribution in [1.29, 1.82) is 0 Å². The summed E-state index contributed by atoms with van der Waals surface area (Å²) in [6.45, 7) is -2.14. The van der Waals surface area contributed by atoms with Gasteiger partial charge in [-0.1, -0.05) is 30.3 Å². The molecule has 48 heavy (non-hydrogen) atoms. The molecule has 3 aromatic rings. The van der Waals surface area contributed by atoms with Crippen molar-refractivity contribution in [2.24, 2.45) is 4.99 Å². The lowest BCUT2D eigenvalue weighted by Gasteiger charge is -2.28. The first-order valence-electron chi connectivity index (χ1n) is 14.8. The van der Waals surface area contributed by atoms with E-state index in [0.717, 1.165) is 49.0 Å². The normalized spacial score (nSPS) is 14.5. The van der Waals surface area contributed by atoms with E-state index in [-0.39, 0.29) is 23.8 Å². The second kappa shape index (κ2) is 15.7. The number of carboxylic acid groups (broad SMARTS) is 1. The number of aliphatic carboxylic acids is 1. The van der Waals surface area contributed by atoms with Gasteiger partial charge in [-0.15, -0.1) is 13.2 Å². The Hall–Kier alpha value is -5.05. The number of hydrogen-bond donors (Lipinski definition) is 4. The molecule has 0 aromatic heterocycles. The number of carbonyl (C=O) groups excluding carboxylic acids is 1. The van der Waals surface area contributed by atoms with Crippen molar-refractivity contribution in [2.45, 2.75) is 50.9 Å². The molecule has 1 atom stereocenters. The van der Waals surface area contributed by atoms with Crippen molar-refractivity contribution in [3.63, 3.8) is 0 Å². The smallest absolute Gasteiger partial charge is 0.479 e. The topological polar surface area (TPSA) is 123 Å². The summed E-state index contributed by atoms with van der Waals surface area (Å²) < 4.78 is 82.1. The maximum absolute atomic E-state index is 13.4. The van der Waals surface area contributed by atoms with Gasteiger partial charge in [-0.25, -0.2) is 9.79 Å². The fraction of sp³-hybridized carbons (Fsp3) is 0.303. The molecule has 0 heterocycles. The van der Waals surface area contributed by atoms with Crippen molar-refractivity contribution in [1.82, 2.24) is 5.32 Å². The molecule has 1 aliphatic rings. The molecule has 9 nitrogen and oxygen atoms in total. The standard InChI is InChI=1S/C33H32F6N4O5/c34-32(35,36)20-41-31(42-25-12-16-27(17-13-25)48-33(37,38)39)43(26-14-10-23(11-15-26)22-4-2-1-3-5-22)19-21-6-8-24(9-7-21)29(45)40-18-28(44)30(46)47/h4,6-17,28,44H,1-3,5,18-20H2,(H,40,45)(H,41,42)(H,46,47)/t28-/m1/s1. The zero-order valence-corrected chi connectivity index (χ0v) is 25.3. The zero-order valence-electron chi connectivity index (χ0n) is 25.3. The molecule has 1 aliphatic carbocycles. The molecule has 4 N–H and O–H groups in total. The first-order chi connectivity index (χ1) is 22.7. The van der Waals surface area contributed by atoms with Crippen molar-refractivity contribution in [3.05, 3.63) is 95.6 Å². The third kappa shape index (κ3) is 11.0. The van der Waals surface area contributed by atoms with Gasteiger partial charge in [-0.05, 0) is 90.9 Å². The lowest BCUT2D eigenvalue weighted by Crippen LogP contribution is -2.37. The predicted octanol–water partition coefficient (Wildman–Crippen LogP) is 6.75. The summed E-state index contributed by atoms with van der Waals surface area (Å²) in [6.07, 6.45) is -5.27. The number of hydrogen-bond acceptors (Lipinski definition) is 5. The Labute approximate surface area is 271 Å². The van der Waals surface area contributed by atoms with E-state index in [1.807, 2.05) is 12.1 Å². The molecule has 4 rings (SSSR count). The average Bonchev–Trinajstić information content (AvgIpc) is 3.05. The highest BCUT2D eigenvalue weighted by atomic mass is 19.4. The molecule has 256 valence electrons. The van der Waals surface area contributed by atoms with Crippen molar-refractivity contribution in [2.75, 3.05) is 23.3 Å². The number of rotatable bonds is 11.